The number of hydrogen-bond donors (Lipinski definition) is 3. The number of hydrogen-bond acceptors (Lipinski definition) is 4. The number of benzene rings is 1. The van der Waals surface area contributed by atoms with E-state index in [0.29, 0.717) is 12.2 Å². The Morgan fingerprint density at radius 3 is 3.05 bits per heavy atom. The van der Waals surface area contributed by atoms with Crippen molar-refractivity contribution in [2.45, 2.75) is 19.8 Å². The van der Waals surface area contributed by atoms with E-state index in [0.717, 1.165) is 35.9 Å². The van der Waals surface area contributed by atoms with E-state index in [1.165, 1.54) is 0 Å². The van der Waals surface area contributed by atoms with Crippen LogP contribution in [0.2, 0.25) is 0 Å². The smallest absolute Gasteiger partial charge is 0.340 e. The van der Waals surface area contributed by atoms with Gasteiger partial charge in [0.1, 0.15) is 5.75 Å². The van der Waals surface area contributed by atoms with Crippen LogP contribution in [0.25, 0.3) is 10.9 Å². The molecule has 0 bridgehead atoms. The Morgan fingerprint density at radius 2 is 2.29 bits per heavy atom. The Labute approximate surface area is 123 Å². The summed E-state index contributed by atoms with van der Waals surface area (Å²) in [6.45, 7) is 6.64. The molecule has 0 fully saturated rings. The first-order valence-electron chi connectivity index (χ1n) is 6.95. The van der Waals surface area contributed by atoms with Gasteiger partial charge in [-0.05, 0) is 37.6 Å². The lowest BCUT2D eigenvalue weighted by Crippen LogP contribution is -2.10. The number of rotatable bonds is 7. The SMILES string of the molecule is C=CNCCCCOC(=O)c1c[nH]c2cc(O)cc(C)c12. The summed E-state index contributed by atoms with van der Waals surface area (Å²) in [5.74, 6) is -0.164. The molecule has 1 heterocycles. The number of esters is 1. The van der Waals surface area contributed by atoms with Gasteiger partial charge in [0.25, 0.3) is 0 Å². The normalized spacial score (nSPS) is 10.5. The van der Waals surface area contributed by atoms with Gasteiger partial charge in [-0.1, -0.05) is 6.58 Å². The van der Waals surface area contributed by atoms with Gasteiger partial charge in [-0.15, -0.1) is 0 Å². The molecule has 112 valence electrons. The Balaban J connectivity index is 1.98. The monoisotopic (exact) mass is 288 g/mol. The molecular formula is C16H20N2O3. The minimum absolute atomic E-state index is 0.177. The van der Waals surface area contributed by atoms with Gasteiger partial charge >= 0.3 is 5.97 Å². The van der Waals surface area contributed by atoms with Crippen molar-refractivity contribution in [3.8, 4) is 5.75 Å². The zero-order chi connectivity index (χ0) is 15.2. The van der Waals surface area contributed by atoms with Crippen LogP contribution in [0.15, 0.2) is 31.1 Å². The zero-order valence-corrected chi connectivity index (χ0v) is 12.1. The molecule has 0 aliphatic carbocycles. The van der Waals surface area contributed by atoms with Crippen molar-refractivity contribution >= 4 is 16.9 Å². The van der Waals surface area contributed by atoms with Crippen molar-refractivity contribution < 1.29 is 14.6 Å². The fraction of sp³-hybridized carbons (Fsp3) is 0.312. The lowest BCUT2D eigenvalue weighted by atomic mass is 10.1. The average molecular weight is 288 g/mol. The molecule has 5 nitrogen and oxygen atoms in total. The largest absolute Gasteiger partial charge is 0.508 e. The lowest BCUT2D eigenvalue weighted by molar-refractivity contribution is 0.0501. The van der Waals surface area contributed by atoms with Gasteiger partial charge in [0, 0.05) is 24.2 Å². The van der Waals surface area contributed by atoms with Crippen molar-refractivity contribution in [3.63, 3.8) is 0 Å². The van der Waals surface area contributed by atoms with E-state index in [1.807, 2.05) is 6.92 Å². The topological polar surface area (TPSA) is 74.3 Å². The minimum Gasteiger partial charge on any atom is -0.508 e. The first kappa shape index (κ1) is 15.0. The van der Waals surface area contributed by atoms with Gasteiger partial charge in [-0.25, -0.2) is 4.79 Å². The number of ether oxygens (including phenoxy) is 1. The summed E-state index contributed by atoms with van der Waals surface area (Å²) in [5, 5.41) is 13.3. The third-order valence-corrected chi connectivity index (χ3v) is 3.27. The molecule has 0 aliphatic rings. The fourth-order valence-corrected chi connectivity index (χ4v) is 2.30. The number of aryl methyl sites for hydroxylation is 1. The van der Waals surface area contributed by atoms with Gasteiger partial charge < -0.3 is 20.1 Å². The van der Waals surface area contributed by atoms with E-state index in [1.54, 1.807) is 24.5 Å². The Morgan fingerprint density at radius 1 is 1.48 bits per heavy atom. The Hall–Kier alpha value is -2.43. The maximum absolute atomic E-state index is 12.1. The molecule has 0 aliphatic heterocycles. The molecule has 1 aromatic carbocycles. The highest BCUT2D eigenvalue weighted by Crippen LogP contribution is 2.27. The number of fused-ring (bicyclic) bond motifs is 1. The first-order valence-corrected chi connectivity index (χ1v) is 6.95. The van der Waals surface area contributed by atoms with Crippen molar-refractivity contribution in [1.82, 2.24) is 10.3 Å². The van der Waals surface area contributed by atoms with E-state index >= 15 is 0 Å². The molecule has 0 unspecified atom stereocenters. The molecule has 0 radical (unpaired) electrons. The number of H-pyrrole nitrogens is 1. The molecule has 0 amide bonds. The highest BCUT2D eigenvalue weighted by Gasteiger charge is 2.15. The number of aromatic amines is 1. The molecule has 5 heteroatoms. The Bertz CT molecular complexity index is 646. The molecule has 0 atom stereocenters. The minimum atomic E-state index is -0.341. The number of nitrogens with one attached hydrogen (secondary N) is 2. The number of phenolic OH excluding ortho intramolecular Hbond substituents is 1. The number of unbranched alkanes of at least 4 members (excludes halogenated alkanes) is 1. The summed E-state index contributed by atoms with van der Waals surface area (Å²) in [5.41, 5.74) is 2.08. The number of aromatic hydroxyl groups is 1. The van der Waals surface area contributed by atoms with E-state index in [-0.39, 0.29) is 11.7 Å². The second-order valence-electron chi connectivity index (χ2n) is 4.89. The van der Waals surface area contributed by atoms with Crippen LogP contribution in [0.5, 0.6) is 5.75 Å². The predicted octanol–water partition coefficient (Wildman–Crippen LogP) is 2.85. The van der Waals surface area contributed by atoms with Crippen molar-refractivity contribution in [3.05, 3.63) is 42.2 Å². The van der Waals surface area contributed by atoms with Crippen LogP contribution in [0.4, 0.5) is 0 Å². The molecule has 2 rings (SSSR count). The number of carbonyl (C=O) groups is 1. The summed E-state index contributed by atoms with van der Waals surface area (Å²) in [6.07, 6.45) is 4.99. The van der Waals surface area contributed by atoms with Gasteiger partial charge in [0.2, 0.25) is 0 Å². The summed E-state index contributed by atoms with van der Waals surface area (Å²) in [6, 6.07) is 3.23. The van der Waals surface area contributed by atoms with Crippen molar-refractivity contribution in [1.29, 1.82) is 0 Å². The summed E-state index contributed by atoms with van der Waals surface area (Å²) < 4.78 is 5.28. The quantitative estimate of drug-likeness (QED) is 0.541. The zero-order valence-electron chi connectivity index (χ0n) is 12.1. The second kappa shape index (κ2) is 6.83. The predicted molar refractivity (Wildman–Crippen MR) is 82.4 cm³/mol. The molecule has 0 saturated carbocycles. The summed E-state index contributed by atoms with van der Waals surface area (Å²) in [7, 11) is 0. The molecule has 0 saturated heterocycles. The van der Waals surface area contributed by atoms with Crippen LogP contribution >= 0.6 is 0 Å². The van der Waals surface area contributed by atoms with Gasteiger partial charge in [0.05, 0.1) is 17.7 Å². The third kappa shape index (κ3) is 3.56. The standard InChI is InChI=1S/C16H20N2O3/c1-3-17-6-4-5-7-21-16(20)13-10-18-14-9-12(19)8-11(2)15(13)14/h3,8-10,17-19H,1,4-7H2,2H3. The molecule has 1 aromatic heterocycles. The first-order chi connectivity index (χ1) is 10.1. The highest BCUT2D eigenvalue weighted by molar-refractivity contribution is 6.05. The van der Waals surface area contributed by atoms with E-state index in [9.17, 15) is 9.90 Å². The average Bonchev–Trinajstić information content (AvgIpc) is 2.86. The third-order valence-electron chi connectivity index (χ3n) is 3.27. The number of carbonyl (C=O) groups excluding carboxylic acids is 1. The van der Waals surface area contributed by atoms with Crippen LogP contribution in [-0.4, -0.2) is 29.2 Å². The molecule has 21 heavy (non-hydrogen) atoms. The van der Waals surface area contributed by atoms with Gasteiger partial charge in [-0.3, -0.25) is 0 Å². The molecule has 2 aromatic rings. The molecule has 3 N–H and O–H groups in total. The number of phenols is 1. The van der Waals surface area contributed by atoms with Gasteiger partial charge in [-0.2, -0.15) is 0 Å². The molecular weight excluding hydrogens is 268 g/mol. The number of aromatic nitrogens is 1. The van der Waals surface area contributed by atoms with Crippen molar-refractivity contribution in [2.24, 2.45) is 0 Å². The Kier molecular flexibility index (Phi) is 4.87. The van der Waals surface area contributed by atoms with Crippen molar-refractivity contribution in [2.75, 3.05) is 13.2 Å². The maximum atomic E-state index is 12.1. The summed E-state index contributed by atoms with van der Waals surface area (Å²) >= 11 is 0. The van der Waals surface area contributed by atoms with E-state index < -0.39 is 0 Å². The molecule has 0 spiro atoms. The second-order valence-corrected chi connectivity index (χ2v) is 4.89. The van der Waals surface area contributed by atoms with Crippen LogP contribution in [0.1, 0.15) is 28.8 Å². The highest BCUT2D eigenvalue weighted by atomic mass is 16.5. The van der Waals surface area contributed by atoms with E-state index in [2.05, 4.69) is 16.9 Å². The summed E-state index contributed by atoms with van der Waals surface area (Å²) in [4.78, 5) is 15.1. The maximum Gasteiger partial charge on any atom is 0.340 e. The van der Waals surface area contributed by atoms with Crippen LogP contribution < -0.4 is 5.32 Å². The van der Waals surface area contributed by atoms with E-state index in [4.69, 9.17) is 4.74 Å². The lowest BCUT2D eigenvalue weighted by Gasteiger charge is -2.05. The van der Waals surface area contributed by atoms with Crippen LogP contribution in [0.3, 0.4) is 0 Å². The fourth-order valence-electron chi connectivity index (χ4n) is 2.30. The van der Waals surface area contributed by atoms with Gasteiger partial charge in [0.15, 0.2) is 0 Å². The van der Waals surface area contributed by atoms with Crippen LogP contribution in [-0.2, 0) is 4.74 Å². The van der Waals surface area contributed by atoms with Crippen LogP contribution in [0, 0.1) is 6.92 Å².